The molecule has 0 radical (unpaired) electrons. The summed E-state index contributed by atoms with van der Waals surface area (Å²) in [6.07, 6.45) is 1.97. The fraction of sp³-hybridized carbons (Fsp3) is 0.238. The molecule has 0 saturated heterocycles. The van der Waals surface area contributed by atoms with Gasteiger partial charge in [0.15, 0.2) is 5.78 Å². The molecule has 0 N–H and O–H groups in total. The van der Waals surface area contributed by atoms with Gasteiger partial charge < -0.3 is 0 Å². The minimum Gasteiger partial charge on any atom is -0.294 e. The largest absolute Gasteiger partial charge is 0.294 e. The minimum absolute atomic E-state index is 0.00935. The highest BCUT2D eigenvalue weighted by Crippen LogP contribution is 2.44. The van der Waals surface area contributed by atoms with Crippen LogP contribution in [0.25, 0.3) is 0 Å². The Morgan fingerprint density at radius 2 is 1.75 bits per heavy atom. The van der Waals surface area contributed by atoms with Gasteiger partial charge >= 0.3 is 0 Å². The van der Waals surface area contributed by atoms with Crippen LogP contribution in [0.3, 0.4) is 0 Å². The van der Waals surface area contributed by atoms with Gasteiger partial charge in [-0.2, -0.15) is 0 Å². The lowest BCUT2D eigenvalue weighted by molar-refractivity contribution is -0.384. The molecular weight excluding hydrogens is 424 g/mol. The van der Waals surface area contributed by atoms with E-state index in [1.165, 1.54) is 12.1 Å². The fourth-order valence-corrected chi connectivity index (χ4v) is 4.48. The van der Waals surface area contributed by atoms with E-state index < -0.39 is 4.92 Å². The number of allylic oxidation sites excluding steroid dienone is 2. The van der Waals surface area contributed by atoms with Crippen LogP contribution in [0.1, 0.15) is 37.2 Å². The number of nitro groups is 1. The van der Waals surface area contributed by atoms with Crippen molar-refractivity contribution in [1.29, 1.82) is 0 Å². The first-order valence-corrected chi connectivity index (χ1v) is 9.84. The van der Waals surface area contributed by atoms with Crippen LogP contribution in [0, 0.1) is 10.1 Å². The Balaban J connectivity index is 1.83. The molecule has 2 aliphatic rings. The number of nitro benzene ring substituents is 1. The lowest BCUT2D eigenvalue weighted by atomic mass is 9.77. The number of halogens is 1. The maximum absolute atomic E-state index is 13.1. The number of para-hydroxylation sites is 1. The summed E-state index contributed by atoms with van der Waals surface area (Å²) in [6.45, 7) is 0. The maximum atomic E-state index is 13.1. The number of amides is 1. The van der Waals surface area contributed by atoms with Crippen LogP contribution in [0.2, 0.25) is 0 Å². The van der Waals surface area contributed by atoms with Crippen molar-refractivity contribution in [1.82, 2.24) is 0 Å². The Bertz CT molecular complexity index is 1010. The Labute approximate surface area is 170 Å². The molecule has 4 rings (SSSR count). The van der Waals surface area contributed by atoms with Crippen molar-refractivity contribution in [2.45, 2.75) is 31.6 Å². The average Bonchev–Trinajstić information content (AvgIpc) is 2.68. The summed E-state index contributed by atoms with van der Waals surface area (Å²) in [4.78, 5) is 38.1. The number of carbonyl (C=O) groups excluding carboxylic acids is 2. The zero-order valence-corrected chi connectivity index (χ0v) is 16.5. The van der Waals surface area contributed by atoms with Crippen molar-refractivity contribution in [3.8, 4) is 0 Å². The first-order chi connectivity index (χ1) is 13.5. The van der Waals surface area contributed by atoms with Crippen LogP contribution in [0.4, 0.5) is 11.4 Å². The smallest absolute Gasteiger partial charge is 0.269 e. The topological polar surface area (TPSA) is 80.5 Å². The molecule has 2 aromatic rings. The van der Waals surface area contributed by atoms with Crippen LogP contribution in [0.15, 0.2) is 64.3 Å². The van der Waals surface area contributed by atoms with Gasteiger partial charge in [0, 0.05) is 46.6 Å². The van der Waals surface area contributed by atoms with E-state index in [9.17, 15) is 19.7 Å². The van der Waals surface area contributed by atoms with E-state index >= 15 is 0 Å². The van der Waals surface area contributed by atoms with Crippen molar-refractivity contribution in [2.75, 3.05) is 4.90 Å². The van der Waals surface area contributed by atoms with Gasteiger partial charge in [-0.25, -0.2) is 0 Å². The molecule has 1 aliphatic carbocycles. The van der Waals surface area contributed by atoms with Crippen LogP contribution in [-0.2, 0) is 9.59 Å². The minimum atomic E-state index is -0.457. The summed E-state index contributed by atoms with van der Waals surface area (Å²) in [5, 5.41) is 10.9. The molecule has 7 heteroatoms. The first-order valence-electron chi connectivity index (χ1n) is 9.05. The van der Waals surface area contributed by atoms with E-state index in [2.05, 4.69) is 15.9 Å². The van der Waals surface area contributed by atoms with Gasteiger partial charge in [0.05, 0.1) is 10.6 Å². The quantitative estimate of drug-likeness (QED) is 0.502. The Morgan fingerprint density at radius 1 is 1.04 bits per heavy atom. The van der Waals surface area contributed by atoms with Crippen molar-refractivity contribution >= 4 is 39.0 Å². The highest BCUT2D eigenvalue weighted by Gasteiger charge is 2.40. The molecule has 0 fully saturated rings. The van der Waals surface area contributed by atoms with Gasteiger partial charge in [0.25, 0.3) is 5.69 Å². The maximum Gasteiger partial charge on any atom is 0.269 e. The number of hydrogen-bond acceptors (Lipinski definition) is 4. The molecule has 0 bridgehead atoms. The molecule has 2 aromatic carbocycles. The van der Waals surface area contributed by atoms with E-state index in [0.29, 0.717) is 24.8 Å². The summed E-state index contributed by atoms with van der Waals surface area (Å²) >= 11 is 3.51. The van der Waals surface area contributed by atoms with Gasteiger partial charge in [-0.1, -0.05) is 24.3 Å². The SMILES string of the molecule is O=C1CCCC2=C1C(c1ccc([N+](=O)[O-])cc1)CC(=O)N2c1ccccc1Br. The van der Waals surface area contributed by atoms with E-state index in [0.717, 1.165) is 21.4 Å². The van der Waals surface area contributed by atoms with E-state index in [4.69, 9.17) is 0 Å². The molecular formula is C21H17BrN2O4. The van der Waals surface area contributed by atoms with Gasteiger partial charge in [0.2, 0.25) is 5.91 Å². The molecule has 0 aromatic heterocycles. The zero-order chi connectivity index (χ0) is 19.8. The predicted octanol–water partition coefficient (Wildman–Crippen LogP) is 4.88. The standard InChI is InChI=1S/C21H17BrN2O4/c22-16-4-1-2-5-17(16)23-18-6-3-7-19(25)21(18)15(12-20(23)26)13-8-10-14(11-9-13)24(27)28/h1-2,4-5,8-11,15H,3,6-7,12H2. The molecule has 6 nitrogen and oxygen atoms in total. The van der Waals surface area contributed by atoms with Crippen molar-refractivity contribution in [3.63, 3.8) is 0 Å². The monoisotopic (exact) mass is 440 g/mol. The highest BCUT2D eigenvalue weighted by atomic mass is 79.9. The molecule has 1 aliphatic heterocycles. The Morgan fingerprint density at radius 3 is 2.43 bits per heavy atom. The zero-order valence-electron chi connectivity index (χ0n) is 14.9. The van der Waals surface area contributed by atoms with Crippen molar-refractivity contribution < 1.29 is 14.5 Å². The normalized spacial score (nSPS) is 19.6. The fourth-order valence-electron chi connectivity index (χ4n) is 4.02. The number of benzene rings is 2. The Hall–Kier alpha value is -2.80. The van der Waals surface area contributed by atoms with Gasteiger partial charge in [-0.3, -0.25) is 24.6 Å². The molecule has 1 unspecified atom stereocenters. The van der Waals surface area contributed by atoms with Crippen LogP contribution in [0.5, 0.6) is 0 Å². The molecule has 142 valence electrons. The van der Waals surface area contributed by atoms with Crippen LogP contribution < -0.4 is 4.90 Å². The lowest BCUT2D eigenvalue weighted by Gasteiger charge is -2.38. The average molecular weight is 441 g/mol. The predicted molar refractivity (Wildman–Crippen MR) is 108 cm³/mol. The van der Waals surface area contributed by atoms with Crippen molar-refractivity contribution in [3.05, 3.63) is 80.0 Å². The van der Waals surface area contributed by atoms with E-state index in [-0.39, 0.29) is 29.7 Å². The third-order valence-corrected chi connectivity index (χ3v) is 5.95. The molecule has 1 heterocycles. The van der Waals surface area contributed by atoms with Gasteiger partial charge in [-0.05, 0) is 46.5 Å². The van der Waals surface area contributed by atoms with Crippen LogP contribution >= 0.6 is 15.9 Å². The Kier molecular flexibility index (Phi) is 4.85. The summed E-state index contributed by atoms with van der Waals surface area (Å²) in [5.41, 5.74) is 2.90. The first kappa shape index (κ1) is 18.6. The number of anilines is 1. The number of ketones is 1. The molecule has 0 spiro atoms. The number of carbonyl (C=O) groups is 2. The second kappa shape index (κ2) is 7.31. The van der Waals surface area contributed by atoms with Crippen LogP contribution in [-0.4, -0.2) is 16.6 Å². The van der Waals surface area contributed by atoms with Gasteiger partial charge in [0.1, 0.15) is 0 Å². The second-order valence-electron chi connectivity index (χ2n) is 6.92. The van der Waals surface area contributed by atoms with Crippen molar-refractivity contribution in [2.24, 2.45) is 0 Å². The molecule has 1 amide bonds. The second-order valence-corrected chi connectivity index (χ2v) is 7.78. The number of nitrogens with zero attached hydrogens (tertiary/aromatic N) is 2. The van der Waals surface area contributed by atoms with Gasteiger partial charge in [-0.15, -0.1) is 0 Å². The summed E-state index contributed by atoms with van der Waals surface area (Å²) < 4.78 is 0.794. The summed E-state index contributed by atoms with van der Waals surface area (Å²) in [6, 6.07) is 13.6. The number of hydrogen-bond donors (Lipinski definition) is 0. The third kappa shape index (κ3) is 3.16. The highest BCUT2D eigenvalue weighted by molar-refractivity contribution is 9.10. The van der Waals surface area contributed by atoms with E-state index in [1.54, 1.807) is 17.0 Å². The number of non-ortho nitro benzene ring substituents is 1. The molecule has 0 saturated carbocycles. The summed E-state index contributed by atoms with van der Waals surface area (Å²) in [7, 11) is 0. The lowest BCUT2D eigenvalue weighted by Crippen LogP contribution is -2.40. The number of rotatable bonds is 3. The third-order valence-electron chi connectivity index (χ3n) is 5.27. The molecule has 1 atom stereocenters. The summed E-state index contributed by atoms with van der Waals surface area (Å²) in [5.74, 6) is -0.396. The van der Waals surface area contributed by atoms with E-state index in [1.807, 2.05) is 24.3 Å². The number of Topliss-reactive ketones (excluding diaryl/α,β-unsaturated/α-hetero) is 1. The molecule has 28 heavy (non-hydrogen) atoms.